The van der Waals surface area contributed by atoms with Gasteiger partial charge in [0.2, 0.25) is 0 Å². The molecule has 1 aromatic carbocycles. The van der Waals surface area contributed by atoms with Gasteiger partial charge in [-0.3, -0.25) is 4.79 Å². The number of hydrogen-bond acceptors (Lipinski definition) is 5. The molecule has 6 nitrogen and oxygen atoms in total. The molecular weight excluding hydrogens is 340 g/mol. The molecule has 1 aliphatic rings. The second-order valence-corrected chi connectivity index (χ2v) is 6.70. The summed E-state index contributed by atoms with van der Waals surface area (Å²) in [6.45, 7) is 3.08. The minimum absolute atomic E-state index is 0.107. The number of fused-ring (bicyclic) bond motifs is 1. The first-order valence-corrected chi connectivity index (χ1v) is 9.11. The molecule has 3 rings (SSSR count). The second kappa shape index (κ2) is 8.21. The van der Waals surface area contributed by atoms with Crippen molar-refractivity contribution in [1.82, 2.24) is 9.55 Å². The first-order valence-electron chi connectivity index (χ1n) is 9.11. The molecule has 138 valence electrons. The van der Waals surface area contributed by atoms with Crippen molar-refractivity contribution in [2.75, 3.05) is 32.3 Å². The predicted molar refractivity (Wildman–Crippen MR) is 109 cm³/mol. The lowest BCUT2D eigenvalue weighted by atomic mass is 9.87. The van der Waals surface area contributed by atoms with E-state index < -0.39 is 0 Å². The Labute approximate surface area is 162 Å². The Kier molecular flexibility index (Phi) is 5.95. The largest absolute Gasteiger partial charge is 0.497 e. The van der Waals surface area contributed by atoms with Crippen LogP contribution in [-0.4, -0.2) is 52.6 Å². The average Bonchev–Trinajstić information content (AvgIpc) is 2.67. The van der Waals surface area contributed by atoms with Crippen molar-refractivity contribution in [3.8, 4) is 5.75 Å². The Balaban J connectivity index is 2.14. The van der Waals surface area contributed by atoms with Crippen LogP contribution in [0.5, 0.6) is 5.75 Å². The average molecular weight is 363 g/mol. The van der Waals surface area contributed by atoms with E-state index >= 15 is 0 Å². The molecule has 2 heterocycles. The van der Waals surface area contributed by atoms with Gasteiger partial charge in [-0.2, -0.15) is 0 Å². The van der Waals surface area contributed by atoms with Crippen LogP contribution in [0.1, 0.15) is 31.4 Å². The van der Waals surface area contributed by atoms with Gasteiger partial charge in [-0.1, -0.05) is 12.4 Å². The molecule has 8 heteroatoms. The quantitative estimate of drug-likeness (QED) is 0.701. The zero-order valence-corrected chi connectivity index (χ0v) is 16.1. The van der Waals surface area contributed by atoms with Crippen molar-refractivity contribution in [1.29, 1.82) is 0 Å². The van der Waals surface area contributed by atoms with E-state index in [9.17, 15) is 4.79 Å². The second-order valence-electron chi connectivity index (χ2n) is 6.70. The fourth-order valence-corrected chi connectivity index (χ4v) is 3.63. The van der Waals surface area contributed by atoms with Gasteiger partial charge in [0.1, 0.15) is 21.4 Å². The van der Waals surface area contributed by atoms with Crippen LogP contribution in [0, 0.1) is 0 Å². The summed E-state index contributed by atoms with van der Waals surface area (Å²) in [5.41, 5.74) is 2.50. The van der Waals surface area contributed by atoms with Gasteiger partial charge in [-0.15, -0.1) is 0 Å². The maximum Gasteiger partial charge on any atom is 0.294 e. The van der Waals surface area contributed by atoms with Crippen molar-refractivity contribution in [3.63, 3.8) is 0 Å². The number of anilines is 2. The highest BCUT2D eigenvalue weighted by Gasteiger charge is 2.26. The lowest BCUT2D eigenvalue weighted by Crippen LogP contribution is -2.40. The Morgan fingerprint density at radius 3 is 2.74 bits per heavy atom. The minimum Gasteiger partial charge on any atom is -0.497 e. The highest BCUT2D eigenvalue weighted by Crippen LogP contribution is 2.31. The van der Waals surface area contributed by atoms with Crippen LogP contribution in [0.3, 0.4) is 0 Å². The molecule has 0 saturated carbocycles. The van der Waals surface area contributed by atoms with Crippen LogP contribution < -0.4 is 26.3 Å². The Bertz CT molecular complexity index is 885. The van der Waals surface area contributed by atoms with Crippen molar-refractivity contribution >= 4 is 38.3 Å². The molecular formula is C19H23B2N3O3. The molecule has 2 aromatic rings. The number of nitrogens with zero attached hydrogens (tertiary/aromatic N) is 3. The summed E-state index contributed by atoms with van der Waals surface area (Å²) < 4.78 is 12.2. The Hall–Kier alpha value is -2.21. The van der Waals surface area contributed by atoms with Gasteiger partial charge in [-0.25, -0.2) is 4.98 Å². The van der Waals surface area contributed by atoms with Gasteiger partial charge in [-0.05, 0) is 37.0 Å². The number of benzene rings is 1. The summed E-state index contributed by atoms with van der Waals surface area (Å²) in [5.74, 6) is 1.000. The molecule has 0 fully saturated rings. The van der Waals surface area contributed by atoms with E-state index in [1.54, 1.807) is 31.0 Å². The smallest absolute Gasteiger partial charge is 0.294 e. The van der Waals surface area contributed by atoms with E-state index in [0.717, 1.165) is 30.5 Å². The van der Waals surface area contributed by atoms with Crippen LogP contribution in [0.15, 0.2) is 23.1 Å². The third kappa shape index (κ3) is 3.76. The molecule has 1 aliphatic heterocycles. The maximum atomic E-state index is 13.2. The molecule has 0 aliphatic carbocycles. The molecule has 0 N–H and O–H groups in total. The highest BCUT2D eigenvalue weighted by atomic mass is 16.5. The van der Waals surface area contributed by atoms with Gasteiger partial charge in [0.15, 0.2) is 5.82 Å². The number of aryl methyl sites for hydroxylation is 1. The summed E-state index contributed by atoms with van der Waals surface area (Å²) in [6, 6.07) is 3.62. The van der Waals surface area contributed by atoms with E-state index in [2.05, 4.69) is 4.98 Å². The topological polar surface area (TPSA) is 56.6 Å². The predicted octanol–water partition coefficient (Wildman–Crippen LogP) is 0.521. The Morgan fingerprint density at radius 2 is 2.07 bits per heavy atom. The third-order valence-corrected chi connectivity index (χ3v) is 4.94. The van der Waals surface area contributed by atoms with Crippen LogP contribution in [0.2, 0.25) is 0 Å². The van der Waals surface area contributed by atoms with Gasteiger partial charge >= 0.3 is 0 Å². The first-order chi connectivity index (χ1) is 13.0. The van der Waals surface area contributed by atoms with E-state index in [-0.39, 0.29) is 11.6 Å². The van der Waals surface area contributed by atoms with E-state index in [4.69, 9.17) is 25.2 Å². The van der Waals surface area contributed by atoms with Crippen LogP contribution in [0.25, 0.3) is 0 Å². The number of methoxy groups -OCH3 is 2. The Morgan fingerprint density at radius 1 is 1.30 bits per heavy atom. The van der Waals surface area contributed by atoms with Gasteiger partial charge in [0.05, 0.1) is 19.8 Å². The molecule has 0 spiro atoms. The standard InChI is InChI=1S/C19H23B2N3O3/c1-4-13(11-26-2)24-10-16(21)22-18(19(24)25)23-7-5-6-12-8-14(27-3)9-15(20)17(12)23/h8-10,13H,4-7,11H2,1-3H3/t13-/m1/s1. The van der Waals surface area contributed by atoms with E-state index in [0.29, 0.717) is 35.8 Å². The van der Waals surface area contributed by atoms with Crippen LogP contribution in [-0.2, 0) is 11.2 Å². The van der Waals surface area contributed by atoms with Crippen molar-refractivity contribution in [2.24, 2.45) is 0 Å². The first kappa shape index (κ1) is 19.5. The fraction of sp³-hybridized carbons (Fsp3) is 0.474. The number of hydrogen-bond donors (Lipinski definition) is 0. The number of ether oxygens (including phenoxy) is 2. The van der Waals surface area contributed by atoms with Gasteiger partial charge < -0.3 is 18.9 Å². The monoisotopic (exact) mass is 363 g/mol. The highest BCUT2D eigenvalue weighted by molar-refractivity contribution is 6.36. The minimum atomic E-state index is -0.198. The molecule has 0 bridgehead atoms. The zero-order chi connectivity index (χ0) is 19.6. The SMILES string of the molecule is [B]c1cn([C@H](CC)COC)c(=O)c(N2CCCc3cc(OC)cc([B])c32)n1. The summed E-state index contributed by atoms with van der Waals surface area (Å²) in [6.07, 6.45) is 4.07. The van der Waals surface area contributed by atoms with E-state index in [1.807, 2.05) is 17.9 Å². The molecule has 0 unspecified atom stereocenters. The zero-order valence-electron chi connectivity index (χ0n) is 16.1. The van der Waals surface area contributed by atoms with Gasteiger partial charge in [0, 0.05) is 31.1 Å². The number of rotatable bonds is 6. The van der Waals surface area contributed by atoms with Crippen molar-refractivity contribution in [2.45, 2.75) is 32.2 Å². The molecule has 4 radical (unpaired) electrons. The third-order valence-electron chi connectivity index (χ3n) is 4.94. The number of aromatic nitrogens is 2. The van der Waals surface area contributed by atoms with Gasteiger partial charge in [0.25, 0.3) is 5.56 Å². The molecule has 0 amide bonds. The molecule has 1 atom stereocenters. The fourth-order valence-electron chi connectivity index (χ4n) is 3.63. The summed E-state index contributed by atoms with van der Waals surface area (Å²) in [5, 5.41) is 0. The summed E-state index contributed by atoms with van der Waals surface area (Å²) in [4.78, 5) is 19.5. The summed E-state index contributed by atoms with van der Waals surface area (Å²) in [7, 11) is 15.6. The van der Waals surface area contributed by atoms with Crippen LogP contribution in [0.4, 0.5) is 11.5 Å². The lowest BCUT2D eigenvalue weighted by Gasteiger charge is -2.33. The van der Waals surface area contributed by atoms with Crippen molar-refractivity contribution in [3.05, 3.63) is 34.2 Å². The normalized spacial score (nSPS) is 14.7. The maximum absolute atomic E-state index is 13.2. The molecule has 1 aromatic heterocycles. The molecule has 27 heavy (non-hydrogen) atoms. The molecule has 0 saturated heterocycles. The van der Waals surface area contributed by atoms with Crippen LogP contribution >= 0.6 is 0 Å². The van der Waals surface area contributed by atoms with Crippen molar-refractivity contribution < 1.29 is 9.47 Å². The lowest BCUT2D eigenvalue weighted by molar-refractivity contribution is 0.151. The van der Waals surface area contributed by atoms with E-state index in [1.165, 1.54) is 0 Å². The summed E-state index contributed by atoms with van der Waals surface area (Å²) >= 11 is 0.